The van der Waals surface area contributed by atoms with Gasteiger partial charge in [0.05, 0.1) is 13.2 Å². The number of hydrogen-bond donors (Lipinski definition) is 2. The molecule has 7 heteroatoms. The van der Waals surface area contributed by atoms with Crippen molar-refractivity contribution in [3.05, 3.63) is 71.8 Å². The fourth-order valence-corrected chi connectivity index (χ4v) is 4.04. The SMILES string of the molecule is CNS(=O)(=O)c1cc(C(=O)NC(C)c2cccc3ccccc23)ccc1OC. The van der Waals surface area contributed by atoms with Crippen LogP contribution in [0.25, 0.3) is 10.8 Å². The molecule has 1 amide bonds. The Balaban J connectivity index is 1.91. The topological polar surface area (TPSA) is 84.5 Å². The molecule has 0 aromatic heterocycles. The number of sulfonamides is 1. The maximum absolute atomic E-state index is 12.8. The first-order valence-electron chi connectivity index (χ1n) is 8.77. The van der Waals surface area contributed by atoms with Crippen molar-refractivity contribution < 1.29 is 17.9 Å². The normalized spacial score (nSPS) is 12.5. The number of carbonyl (C=O) groups is 1. The Morgan fingerprint density at radius 3 is 2.46 bits per heavy atom. The number of nitrogens with one attached hydrogen (secondary N) is 2. The van der Waals surface area contributed by atoms with Crippen LogP contribution in [0.3, 0.4) is 0 Å². The van der Waals surface area contributed by atoms with Crippen LogP contribution in [0.4, 0.5) is 0 Å². The highest BCUT2D eigenvalue weighted by atomic mass is 32.2. The van der Waals surface area contributed by atoms with Crippen LogP contribution in [0.5, 0.6) is 5.75 Å². The van der Waals surface area contributed by atoms with Crippen LogP contribution in [-0.2, 0) is 10.0 Å². The lowest BCUT2D eigenvalue weighted by Gasteiger charge is -2.17. The largest absolute Gasteiger partial charge is 0.495 e. The third kappa shape index (κ3) is 3.85. The Hall–Kier alpha value is -2.90. The molecule has 0 aliphatic carbocycles. The number of fused-ring (bicyclic) bond motifs is 1. The maximum Gasteiger partial charge on any atom is 0.251 e. The van der Waals surface area contributed by atoms with E-state index in [-0.39, 0.29) is 28.2 Å². The molecular weight excluding hydrogens is 376 g/mol. The van der Waals surface area contributed by atoms with Crippen LogP contribution in [0.1, 0.15) is 28.9 Å². The highest BCUT2D eigenvalue weighted by Gasteiger charge is 2.21. The minimum Gasteiger partial charge on any atom is -0.495 e. The monoisotopic (exact) mass is 398 g/mol. The van der Waals surface area contributed by atoms with E-state index in [1.165, 1.54) is 26.3 Å². The molecule has 6 nitrogen and oxygen atoms in total. The van der Waals surface area contributed by atoms with E-state index >= 15 is 0 Å². The Labute approximate surface area is 164 Å². The molecule has 0 saturated heterocycles. The number of methoxy groups -OCH3 is 1. The number of ether oxygens (including phenoxy) is 1. The van der Waals surface area contributed by atoms with Crippen molar-refractivity contribution in [2.45, 2.75) is 17.9 Å². The van der Waals surface area contributed by atoms with Crippen molar-refractivity contribution in [2.24, 2.45) is 0 Å². The first kappa shape index (κ1) is 19.9. The van der Waals surface area contributed by atoms with Gasteiger partial charge in [0.2, 0.25) is 10.0 Å². The Morgan fingerprint density at radius 2 is 1.75 bits per heavy atom. The third-order valence-corrected chi connectivity index (χ3v) is 6.06. The third-order valence-electron chi connectivity index (χ3n) is 4.62. The first-order chi connectivity index (χ1) is 13.4. The molecule has 1 unspecified atom stereocenters. The highest BCUT2D eigenvalue weighted by molar-refractivity contribution is 7.89. The molecule has 3 rings (SSSR count). The summed E-state index contributed by atoms with van der Waals surface area (Å²) in [5.41, 5.74) is 1.23. The fourth-order valence-electron chi connectivity index (χ4n) is 3.12. The molecule has 0 fully saturated rings. The van der Waals surface area contributed by atoms with E-state index in [9.17, 15) is 13.2 Å². The predicted octanol–water partition coefficient (Wildman–Crippen LogP) is 3.25. The van der Waals surface area contributed by atoms with Gasteiger partial charge in [0.15, 0.2) is 0 Å². The number of benzene rings is 3. The van der Waals surface area contributed by atoms with Crippen LogP contribution >= 0.6 is 0 Å². The summed E-state index contributed by atoms with van der Waals surface area (Å²) in [5.74, 6) is -0.191. The molecule has 0 bridgehead atoms. The summed E-state index contributed by atoms with van der Waals surface area (Å²) in [7, 11) is -1.07. The molecule has 0 radical (unpaired) electrons. The Kier molecular flexibility index (Phi) is 5.67. The minimum atomic E-state index is -3.76. The van der Waals surface area contributed by atoms with Gasteiger partial charge in [-0.2, -0.15) is 0 Å². The number of rotatable bonds is 6. The van der Waals surface area contributed by atoms with Gasteiger partial charge >= 0.3 is 0 Å². The second-order valence-electron chi connectivity index (χ2n) is 6.34. The Bertz CT molecular complexity index is 1120. The van der Waals surface area contributed by atoms with E-state index in [0.29, 0.717) is 0 Å². The molecule has 3 aromatic carbocycles. The molecule has 146 valence electrons. The number of amides is 1. The van der Waals surface area contributed by atoms with Gasteiger partial charge in [-0.1, -0.05) is 42.5 Å². The molecule has 2 N–H and O–H groups in total. The predicted molar refractivity (Wildman–Crippen MR) is 109 cm³/mol. The number of carbonyl (C=O) groups excluding carboxylic acids is 1. The molecular formula is C21H22N2O4S. The van der Waals surface area contributed by atoms with E-state index in [2.05, 4.69) is 10.0 Å². The van der Waals surface area contributed by atoms with Gasteiger partial charge in [0.25, 0.3) is 5.91 Å². The van der Waals surface area contributed by atoms with Crippen molar-refractivity contribution in [3.8, 4) is 5.75 Å². The fraction of sp³-hybridized carbons (Fsp3) is 0.190. The second-order valence-corrected chi connectivity index (χ2v) is 8.19. The van der Waals surface area contributed by atoms with Gasteiger partial charge in [0.1, 0.15) is 10.6 Å². The molecule has 28 heavy (non-hydrogen) atoms. The van der Waals surface area contributed by atoms with Crippen LogP contribution in [0.2, 0.25) is 0 Å². The molecule has 3 aromatic rings. The average Bonchev–Trinajstić information content (AvgIpc) is 2.72. The summed E-state index contributed by atoms with van der Waals surface area (Å²) in [4.78, 5) is 12.7. The van der Waals surface area contributed by atoms with Crippen molar-refractivity contribution in [3.63, 3.8) is 0 Å². The van der Waals surface area contributed by atoms with Crippen LogP contribution < -0.4 is 14.8 Å². The zero-order valence-corrected chi connectivity index (χ0v) is 16.7. The van der Waals surface area contributed by atoms with Crippen LogP contribution in [-0.4, -0.2) is 28.5 Å². The number of hydrogen-bond acceptors (Lipinski definition) is 4. The van der Waals surface area contributed by atoms with Gasteiger partial charge in [-0.3, -0.25) is 4.79 Å². The average molecular weight is 398 g/mol. The van der Waals surface area contributed by atoms with Crippen molar-refractivity contribution >= 4 is 26.7 Å². The lowest BCUT2D eigenvalue weighted by Crippen LogP contribution is -2.27. The quantitative estimate of drug-likeness (QED) is 0.668. The van der Waals surface area contributed by atoms with Crippen LogP contribution in [0.15, 0.2) is 65.6 Å². The van der Waals surface area contributed by atoms with Crippen molar-refractivity contribution in [1.29, 1.82) is 0 Å². The zero-order valence-electron chi connectivity index (χ0n) is 15.9. The zero-order chi connectivity index (χ0) is 20.3. The molecule has 0 heterocycles. The van der Waals surface area contributed by atoms with E-state index in [4.69, 9.17) is 4.74 Å². The lowest BCUT2D eigenvalue weighted by atomic mass is 9.99. The standard InChI is InChI=1S/C21H22N2O4S/c1-14(17-10-6-8-15-7-4-5-9-18(15)17)23-21(24)16-11-12-19(27-3)20(13-16)28(25,26)22-2/h4-14,22H,1-3H3,(H,23,24). The molecule has 0 aliphatic rings. The van der Waals surface area contributed by atoms with E-state index in [0.717, 1.165) is 16.3 Å². The summed E-state index contributed by atoms with van der Waals surface area (Å²) >= 11 is 0. The first-order valence-corrected chi connectivity index (χ1v) is 10.3. The molecule has 0 saturated carbocycles. The smallest absolute Gasteiger partial charge is 0.251 e. The molecule has 0 aliphatic heterocycles. The van der Waals surface area contributed by atoms with Crippen molar-refractivity contribution in [1.82, 2.24) is 10.0 Å². The summed E-state index contributed by atoms with van der Waals surface area (Å²) in [5, 5.41) is 5.10. The van der Waals surface area contributed by atoms with Gasteiger partial charge in [-0.15, -0.1) is 0 Å². The second kappa shape index (κ2) is 8.00. The van der Waals surface area contributed by atoms with E-state index in [1.54, 1.807) is 6.07 Å². The van der Waals surface area contributed by atoms with Gasteiger partial charge in [-0.05, 0) is 48.5 Å². The summed E-state index contributed by atoms with van der Waals surface area (Å²) < 4.78 is 31.8. The Morgan fingerprint density at radius 1 is 1.04 bits per heavy atom. The minimum absolute atomic E-state index is 0.0806. The molecule has 1 atom stereocenters. The van der Waals surface area contributed by atoms with Gasteiger partial charge < -0.3 is 10.1 Å². The summed E-state index contributed by atoms with van der Waals surface area (Å²) in [6, 6.07) is 18.0. The van der Waals surface area contributed by atoms with Crippen molar-refractivity contribution in [2.75, 3.05) is 14.2 Å². The van der Waals surface area contributed by atoms with Gasteiger partial charge in [0, 0.05) is 5.56 Å². The van der Waals surface area contributed by atoms with E-state index < -0.39 is 10.0 Å². The van der Waals surface area contributed by atoms with E-state index in [1.807, 2.05) is 49.4 Å². The van der Waals surface area contributed by atoms with Gasteiger partial charge in [-0.25, -0.2) is 13.1 Å². The summed E-state index contributed by atoms with van der Waals surface area (Å²) in [6.07, 6.45) is 0. The molecule has 0 spiro atoms. The lowest BCUT2D eigenvalue weighted by molar-refractivity contribution is 0.0940. The highest BCUT2D eigenvalue weighted by Crippen LogP contribution is 2.26. The maximum atomic E-state index is 12.8. The summed E-state index contributed by atoms with van der Waals surface area (Å²) in [6.45, 7) is 1.90. The van der Waals surface area contributed by atoms with Crippen LogP contribution in [0, 0.1) is 0 Å².